The Balaban J connectivity index is 0.000000750. The Hall–Kier alpha value is -1.22. The number of imidazole rings is 1. The first kappa shape index (κ1) is 9.34. The first-order valence-electron chi connectivity index (χ1n) is 4.60. The first-order valence-corrected chi connectivity index (χ1v) is 4.60. The summed E-state index contributed by atoms with van der Waals surface area (Å²) in [7, 11) is 0. The third-order valence-corrected chi connectivity index (χ3v) is 2.71. The van der Waals surface area contributed by atoms with E-state index >= 15 is 0 Å². The van der Waals surface area contributed by atoms with Crippen molar-refractivity contribution >= 4 is 29.4 Å². The minimum Gasteiger partial charge on any atom is -0.369 e. The molecule has 2 aromatic rings. The highest BCUT2D eigenvalue weighted by Crippen LogP contribution is 2.26. The van der Waals surface area contributed by atoms with Crippen molar-refractivity contribution in [3.05, 3.63) is 23.8 Å². The maximum Gasteiger partial charge on any atom is 0.201 e. The maximum atomic E-state index is 5.82. The lowest BCUT2D eigenvalue weighted by Crippen LogP contribution is -2.09. The summed E-state index contributed by atoms with van der Waals surface area (Å²) in [5.74, 6) is 0.655. The number of para-hydroxylation sites is 1. The van der Waals surface area contributed by atoms with Gasteiger partial charge in [0.2, 0.25) is 5.95 Å². The minimum absolute atomic E-state index is 0. The topological polar surface area (TPSA) is 43.8 Å². The summed E-state index contributed by atoms with van der Waals surface area (Å²) in [4.78, 5) is 4.33. The van der Waals surface area contributed by atoms with Crippen LogP contribution in [0.15, 0.2) is 18.2 Å². The summed E-state index contributed by atoms with van der Waals surface area (Å²) in [6.07, 6.45) is 2.33. The molecule has 0 spiro atoms. The van der Waals surface area contributed by atoms with E-state index in [2.05, 4.69) is 21.7 Å². The molecule has 2 N–H and O–H groups in total. The van der Waals surface area contributed by atoms with E-state index in [4.69, 9.17) is 5.73 Å². The molecule has 0 unspecified atom stereocenters. The molecule has 1 aliphatic rings. The van der Waals surface area contributed by atoms with Gasteiger partial charge in [-0.05, 0) is 24.5 Å². The van der Waals surface area contributed by atoms with E-state index in [1.165, 1.54) is 17.5 Å². The Morgan fingerprint density at radius 2 is 2.21 bits per heavy atom. The van der Waals surface area contributed by atoms with Crippen molar-refractivity contribution < 1.29 is 0 Å². The quantitative estimate of drug-likeness (QED) is 0.721. The SMILES string of the molecule is Cl.Nc1nc2cccc3c2n1CCC3. The number of hydrogen-bond donors (Lipinski definition) is 1. The van der Waals surface area contributed by atoms with Crippen molar-refractivity contribution in [1.29, 1.82) is 0 Å². The molecule has 74 valence electrons. The standard InChI is InChI=1S/C10H11N3.ClH/c11-10-12-8-5-1-3-7-4-2-6-13(10)9(7)8;/h1,3,5H,2,4,6H2,(H2,11,12);1H. The summed E-state index contributed by atoms with van der Waals surface area (Å²) in [5, 5.41) is 0. The molecule has 0 amide bonds. The van der Waals surface area contributed by atoms with Gasteiger partial charge in [-0.1, -0.05) is 12.1 Å². The van der Waals surface area contributed by atoms with Crippen LogP contribution in [0.25, 0.3) is 11.0 Å². The number of nitrogens with two attached hydrogens (primary N) is 1. The Morgan fingerprint density at radius 3 is 3.07 bits per heavy atom. The van der Waals surface area contributed by atoms with Crippen LogP contribution in [0.4, 0.5) is 5.95 Å². The normalized spacial score (nSPS) is 14.0. The van der Waals surface area contributed by atoms with Crippen molar-refractivity contribution in [3.63, 3.8) is 0 Å². The van der Waals surface area contributed by atoms with Gasteiger partial charge in [-0.3, -0.25) is 0 Å². The molecule has 3 nitrogen and oxygen atoms in total. The number of benzene rings is 1. The molecule has 14 heavy (non-hydrogen) atoms. The van der Waals surface area contributed by atoms with Crippen molar-refractivity contribution in [2.24, 2.45) is 0 Å². The molecule has 4 heteroatoms. The number of nitrogen functional groups attached to an aromatic ring is 1. The molecule has 3 rings (SSSR count). The number of aryl methyl sites for hydroxylation is 2. The molecular weight excluding hydrogens is 198 g/mol. The van der Waals surface area contributed by atoms with E-state index in [0.717, 1.165) is 18.5 Å². The fraction of sp³-hybridized carbons (Fsp3) is 0.300. The Kier molecular flexibility index (Phi) is 2.11. The Morgan fingerprint density at radius 1 is 1.36 bits per heavy atom. The molecule has 0 radical (unpaired) electrons. The first-order chi connectivity index (χ1) is 6.36. The second-order valence-electron chi connectivity index (χ2n) is 3.51. The average Bonchev–Trinajstić information content (AvgIpc) is 2.47. The van der Waals surface area contributed by atoms with E-state index in [1.54, 1.807) is 0 Å². The zero-order valence-electron chi connectivity index (χ0n) is 7.73. The average molecular weight is 210 g/mol. The van der Waals surface area contributed by atoms with E-state index in [-0.39, 0.29) is 12.4 Å². The Labute approximate surface area is 88.3 Å². The van der Waals surface area contributed by atoms with Crippen LogP contribution >= 0.6 is 12.4 Å². The lowest BCUT2D eigenvalue weighted by Gasteiger charge is -2.14. The Bertz CT molecular complexity index is 475. The van der Waals surface area contributed by atoms with Crippen molar-refractivity contribution in [1.82, 2.24) is 9.55 Å². The third-order valence-electron chi connectivity index (χ3n) is 2.71. The maximum absolute atomic E-state index is 5.82. The molecule has 0 fully saturated rings. The van der Waals surface area contributed by atoms with Gasteiger partial charge in [0.15, 0.2) is 0 Å². The van der Waals surface area contributed by atoms with Gasteiger partial charge in [-0.15, -0.1) is 12.4 Å². The lowest BCUT2D eigenvalue weighted by atomic mass is 10.1. The lowest BCUT2D eigenvalue weighted by molar-refractivity contribution is 0.639. The molecule has 0 saturated heterocycles. The summed E-state index contributed by atoms with van der Waals surface area (Å²) < 4.78 is 2.12. The van der Waals surface area contributed by atoms with Crippen molar-refractivity contribution in [3.8, 4) is 0 Å². The highest BCUT2D eigenvalue weighted by atomic mass is 35.5. The second-order valence-corrected chi connectivity index (χ2v) is 3.51. The minimum atomic E-state index is 0. The van der Waals surface area contributed by atoms with Crippen LogP contribution < -0.4 is 5.73 Å². The van der Waals surface area contributed by atoms with Gasteiger partial charge >= 0.3 is 0 Å². The highest BCUT2D eigenvalue weighted by Gasteiger charge is 2.15. The number of rotatable bonds is 0. The fourth-order valence-corrected chi connectivity index (χ4v) is 2.13. The molecular formula is C10H12ClN3. The van der Waals surface area contributed by atoms with Crippen LogP contribution in [0.3, 0.4) is 0 Å². The second kappa shape index (κ2) is 3.17. The van der Waals surface area contributed by atoms with Crippen LogP contribution in [0.2, 0.25) is 0 Å². The van der Waals surface area contributed by atoms with E-state index < -0.39 is 0 Å². The highest BCUT2D eigenvalue weighted by molar-refractivity contribution is 5.85. The van der Waals surface area contributed by atoms with E-state index in [0.29, 0.717) is 5.95 Å². The predicted octanol–water partition coefficient (Wildman–Crippen LogP) is 1.99. The summed E-state index contributed by atoms with van der Waals surface area (Å²) in [6, 6.07) is 6.25. The smallest absolute Gasteiger partial charge is 0.201 e. The van der Waals surface area contributed by atoms with Crippen molar-refractivity contribution in [2.75, 3.05) is 5.73 Å². The summed E-state index contributed by atoms with van der Waals surface area (Å²) in [6.45, 7) is 1.01. The molecule has 1 aromatic heterocycles. The van der Waals surface area contributed by atoms with Crippen LogP contribution in [-0.2, 0) is 13.0 Å². The molecule has 2 heterocycles. The van der Waals surface area contributed by atoms with E-state index in [1.807, 2.05) is 6.07 Å². The molecule has 0 bridgehead atoms. The monoisotopic (exact) mass is 209 g/mol. The predicted molar refractivity (Wildman–Crippen MR) is 59.7 cm³/mol. The van der Waals surface area contributed by atoms with Gasteiger partial charge in [-0.25, -0.2) is 4.98 Å². The van der Waals surface area contributed by atoms with Gasteiger partial charge in [0, 0.05) is 6.54 Å². The molecule has 0 aliphatic carbocycles. The number of aromatic nitrogens is 2. The van der Waals surface area contributed by atoms with Crippen LogP contribution in [0, 0.1) is 0 Å². The molecule has 0 atom stereocenters. The van der Waals surface area contributed by atoms with Gasteiger partial charge < -0.3 is 10.3 Å². The number of hydrogen-bond acceptors (Lipinski definition) is 2. The van der Waals surface area contributed by atoms with Gasteiger partial charge in [0.25, 0.3) is 0 Å². The largest absolute Gasteiger partial charge is 0.369 e. The summed E-state index contributed by atoms with van der Waals surface area (Å²) in [5.41, 5.74) is 9.48. The third kappa shape index (κ3) is 1.09. The van der Waals surface area contributed by atoms with E-state index in [9.17, 15) is 0 Å². The van der Waals surface area contributed by atoms with Gasteiger partial charge in [-0.2, -0.15) is 0 Å². The zero-order valence-corrected chi connectivity index (χ0v) is 8.55. The number of nitrogens with zero attached hydrogens (tertiary/aromatic N) is 2. The summed E-state index contributed by atoms with van der Waals surface area (Å²) >= 11 is 0. The van der Waals surface area contributed by atoms with Gasteiger partial charge in [0.05, 0.1) is 11.0 Å². The van der Waals surface area contributed by atoms with Crippen LogP contribution in [0.5, 0.6) is 0 Å². The molecule has 1 aromatic carbocycles. The van der Waals surface area contributed by atoms with Crippen LogP contribution in [-0.4, -0.2) is 9.55 Å². The molecule has 0 saturated carbocycles. The molecule has 1 aliphatic heterocycles. The van der Waals surface area contributed by atoms with Crippen molar-refractivity contribution in [2.45, 2.75) is 19.4 Å². The van der Waals surface area contributed by atoms with Gasteiger partial charge in [0.1, 0.15) is 0 Å². The van der Waals surface area contributed by atoms with Crippen LogP contribution in [0.1, 0.15) is 12.0 Å². The number of anilines is 1. The fourth-order valence-electron chi connectivity index (χ4n) is 2.13. The number of halogens is 1. The zero-order chi connectivity index (χ0) is 8.84.